The molecule has 0 radical (unpaired) electrons. The lowest BCUT2D eigenvalue weighted by atomic mass is 9.79. The monoisotopic (exact) mass is 578 g/mol. The average molecular weight is 580 g/mol. The SMILES string of the molecule is Br.C=CCN1CC[C@@H]2c3ccc(O)c(O)c3CC[C@@H]21.COc1c(C)ccc2c1CC[C@@H]1NCC[C@H]21.Cl. The number of aryl methyl sites for hydroxylation is 1. The minimum Gasteiger partial charge on any atom is -0.504 e. The maximum absolute atomic E-state index is 9.95. The van der Waals surface area contributed by atoms with Crippen LogP contribution in [0.3, 0.4) is 0 Å². The van der Waals surface area contributed by atoms with Crippen molar-refractivity contribution in [3.63, 3.8) is 0 Å². The van der Waals surface area contributed by atoms with Crippen molar-refractivity contribution in [2.75, 3.05) is 26.7 Å². The number of nitrogens with one attached hydrogen (secondary N) is 1. The van der Waals surface area contributed by atoms with Gasteiger partial charge in [-0.2, -0.15) is 0 Å². The minimum atomic E-state index is 0. The smallest absolute Gasteiger partial charge is 0.160 e. The van der Waals surface area contributed by atoms with Crippen LogP contribution in [0.5, 0.6) is 17.2 Å². The Bertz CT molecular complexity index is 1080. The van der Waals surface area contributed by atoms with E-state index in [0.29, 0.717) is 18.0 Å². The maximum atomic E-state index is 9.95. The van der Waals surface area contributed by atoms with Gasteiger partial charge in [-0.1, -0.05) is 24.3 Å². The number of methoxy groups -OCH3 is 1. The molecule has 0 amide bonds. The Morgan fingerprint density at radius 2 is 1.75 bits per heavy atom. The molecule has 198 valence electrons. The lowest BCUT2D eigenvalue weighted by Gasteiger charge is -2.33. The van der Waals surface area contributed by atoms with Gasteiger partial charge in [0.1, 0.15) is 5.75 Å². The second-order valence-corrected chi connectivity index (χ2v) is 10.3. The van der Waals surface area contributed by atoms with Gasteiger partial charge in [0.05, 0.1) is 7.11 Å². The zero-order valence-electron chi connectivity index (χ0n) is 21.3. The molecule has 36 heavy (non-hydrogen) atoms. The van der Waals surface area contributed by atoms with Crippen molar-refractivity contribution in [3.05, 3.63) is 64.7 Å². The largest absolute Gasteiger partial charge is 0.504 e. The fraction of sp³-hybridized carbons (Fsp3) is 0.517. The van der Waals surface area contributed by atoms with Crippen LogP contribution in [0.1, 0.15) is 65.3 Å². The summed E-state index contributed by atoms with van der Waals surface area (Å²) in [6.45, 7) is 9.17. The molecule has 3 N–H and O–H groups in total. The van der Waals surface area contributed by atoms with E-state index in [1.54, 1.807) is 13.2 Å². The third-order valence-corrected chi connectivity index (χ3v) is 8.56. The Labute approximate surface area is 232 Å². The average Bonchev–Trinajstić information content (AvgIpc) is 3.49. The van der Waals surface area contributed by atoms with Crippen LogP contribution in [0.15, 0.2) is 36.9 Å². The molecule has 2 aliphatic carbocycles. The summed E-state index contributed by atoms with van der Waals surface area (Å²) >= 11 is 0. The van der Waals surface area contributed by atoms with Gasteiger partial charge in [-0.3, -0.25) is 4.90 Å². The lowest BCUT2D eigenvalue weighted by molar-refractivity contribution is 0.248. The first-order valence-electron chi connectivity index (χ1n) is 12.8. The summed E-state index contributed by atoms with van der Waals surface area (Å²) in [4.78, 5) is 2.48. The predicted octanol–water partition coefficient (Wildman–Crippen LogP) is 5.78. The van der Waals surface area contributed by atoms with Crippen LogP contribution >= 0.6 is 29.4 Å². The van der Waals surface area contributed by atoms with E-state index < -0.39 is 0 Å². The number of likely N-dealkylation sites (tertiary alicyclic amines) is 1. The molecule has 0 aromatic heterocycles. The molecular weight excluding hydrogens is 540 g/mol. The van der Waals surface area contributed by atoms with Gasteiger partial charge < -0.3 is 20.3 Å². The van der Waals surface area contributed by atoms with Gasteiger partial charge in [0, 0.05) is 36.0 Å². The van der Waals surface area contributed by atoms with Gasteiger partial charge in [0.15, 0.2) is 11.5 Å². The van der Waals surface area contributed by atoms with E-state index in [1.807, 2.05) is 12.1 Å². The van der Waals surface area contributed by atoms with Gasteiger partial charge in [-0.25, -0.2) is 0 Å². The molecule has 2 fully saturated rings. The summed E-state index contributed by atoms with van der Waals surface area (Å²) in [7, 11) is 1.79. The third-order valence-electron chi connectivity index (χ3n) is 8.56. The molecule has 7 heteroatoms. The summed E-state index contributed by atoms with van der Waals surface area (Å²) in [6.07, 6.45) is 8.71. The van der Waals surface area contributed by atoms with E-state index >= 15 is 0 Å². The summed E-state index contributed by atoms with van der Waals surface area (Å²) < 4.78 is 5.57. The molecule has 2 aromatic carbocycles. The molecule has 4 atom stereocenters. The summed E-state index contributed by atoms with van der Waals surface area (Å²) in [5, 5.41) is 23.1. The molecule has 5 nitrogen and oxygen atoms in total. The van der Waals surface area contributed by atoms with Crippen LogP contribution in [-0.2, 0) is 12.8 Å². The Balaban J connectivity index is 0.000000191. The minimum absolute atomic E-state index is 0. The van der Waals surface area contributed by atoms with Gasteiger partial charge >= 0.3 is 0 Å². The second kappa shape index (κ2) is 12.2. The van der Waals surface area contributed by atoms with Crippen molar-refractivity contribution in [2.45, 2.75) is 69.4 Å². The van der Waals surface area contributed by atoms with Gasteiger partial charge in [-0.05, 0) is 86.9 Å². The standard InChI is InChI=1S/C15H19NO2.C14H19NO.BrH.ClH/c1-2-8-16-9-7-11-10-4-6-14(17)15(18)12(10)3-5-13(11)16;1-9-3-4-10-11-7-8-15-13(11)6-5-12(10)14(9)16-2;;/h2,4,6,11,13,17-18H,1,3,5,7-9H2;3-4,11,13,15H,5-8H2,1-2H3;2*1H/t2*11-,13+;;/m11../s1. The van der Waals surface area contributed by atoms with Crippen LogP contribution in [0.25, 0.3) is 0 Å². The van der Waals surface area contributed by atoms with Crippen molar-refractivity contribution in [1.29, 1.82) is 0 Å². The van der Waals surface area contributed by atoms with E-state index in [0.717, 1.165) is 56.0 Å². The van der Waals surface area contributed by atoms with Gasteiger partial charge in [-0.15, -0.1) is 36.0 Å². The van der Waals surface area contributed by atoms with E-state index in [9.17, 15) is 10.2 Å². The number of benzene rings is 2. The highest BCUT2D eigenvalue weighted by atomic mass is 79.9. The number of hydrogen-bond donors (Lipinski definition) is 3. The number of nitrogens with zero attached hydrogens (tertiary/aromatic N) is 1. The lowest BCUT2D eigenvalue weighted by Crippen LogP contribution is -2.35. The number of halogens is 2. The number of phenolic OH excluding ortho intramolecular Hbond substituents is 2. The first-order chi connectivity index (χ1) is 16.5. The number of ether oxygens (including phenoxy) is 1. The Morgan fingerprint density at radius 3 is 2.50 bits per heavy atom. The zero-order valence-corrected chi connectivity index (χ0v) is 23.9. The summed E-state index contributed by atoms with van der Waals surface area (Å²) in [5.74, 6) is 2.45. The number of phenols is 2. The van der Waals surface area contributed by atoms with Crippen molar-refractivity contribution >= 4 is 29.4 Å². The van der Waals surface area contributed by atoms with Crippen molar-refractivity contribution < 1.29 is 14.9 Å². The highest BCUT2D eigenvalue weighted by molar-refractivity contribution is 8.93. The van der Waals surface area contributed by atoms with Crippen LogP contribution in [0.2, 0.25) is 0 Å². The van der Waals surface area contributed by atoms with Crippen molar-refractivity contribution in [2.24, 2.45) is 0 Å². The van der Waals surface area contributed by atoms with E-state index in [1.165, 1.54) is 41.6 Å². The fourth-order valence-corrected chi connectivity index (χ4v) is 6.99. The molecule has 0 unspecified atom stereocenters. The van der Waals surface area contributed by atoms with Gasteiger partial charge in [0.2, 0.25) is 0 Å². The molecule has 2 heterocycles. The highest BCUT2D eigenvalue weighted by Crippen LogP contribution is 2.46. The number of rotatable bonds is 3. The van der Waals surface area contributed by atoms with E-state index in [4.69, 9.17) is 4.74 Å². The normalized spacial score (nSPS) is 25.5. The van der Waals surface area contributed by atoms with E-state index in [2.05, 4.69) is 35.9 Å². The number of aromatic hydroxyl groups is 2. The first-order valence-corrected chi connectivity index (χ1v) is 12.8. The Hall–Kier alpha value is -1.73. The van der Waals surface area contributed by atoms with Crippen LogP contribution in [0, 0.1) is 6.92 Å². The molecule has 0 saturated carbocycles. The third kappa shape index (κ3) is 5.15. The quantitative estimate of drug-likeness (QED) is 0.318. The molecule has 0 bridgehead atoms. The number of fused-ring (bicyclic) bond motifs is 6. The molecule has 2 aliphatic heterocycles. The molecule has 2 aromatic rings. The Kier molecular flexibility index (Phi) is 9.78. The first kappa shape index (κ1) is 28.8. The molecule has 0 spiro atoms. The Morgan fingerprint density at radius 1 is 1.03 bits per heavy atom. The summed E-state index contributed by atoms with van der Waals surface area (Å²) in [5.41, 5.74) is 6.45. The van der Waals surface area contributed by atoms with Crippen molar-refractivity contribution in [3.8, 4) is 17.2 Å². The maximum Gasteiger partial charge on any atom is 0.160 e. The summed E-state index contributed by atoms with van der Waals surface area (Å²) in [6, 6.07) is 9.40. The fourth-order valence-electron chi connectivity index (χ4n) is 6.99. The van der Waals surface area contributed by atoms with Crippen LogP contribution < -0.4 is 10.1 Å². The second-order valence-electron chi connectivity index (χ2n) is 10.3. The van der Waals surface area contributed by atoms with Crippen LogP contribution in [0.4, 0.5) is 0 Å². The number of hydrogen-bond acceptors (Lipinski definition) is 5. The van der Waals surface area contributed by atoms with Crippen molar-refractivity contribution in [1.82, 2.24) is 10.2 Å². The van der Waals surface area contributed by atoms with Gasteiger partial charge in [0.25, 0.3) is 0 Å². The topological polar surface area (TPSA) is 65.0 Å². The highest BCUT2D eigenvalue weighted by Gasteiger charge is 2.39. The predicted molar refractivity (Wildman–Crippen MR) is 154 cm³/mol. The molecular formula is C29H40BrClN2O3. The zero-order chi connectivity index (χ0) is 23.8. The van der Waals surface area contributed by atoms with Crippen LogP contribution in [-0.4, -0.2) is 53.9 Å². The molecule has 6 rings (SSSR count). The molecule has 4 aliphatic rings. The van der Waals surface area contributed by atoms with E-state index in [-0.39, 0.29) is 40.9 Å². The molecule has 2 saturated heterocycles.